The minimum absolute atomic E-state index is 0.136. The number of esters is 1. The first-order valence-electron chi connectivity index (χ1n) is 9.29. The second-order valence-electron chi connectivity index (χ2n) is 7.40. The number of imide groups is 1. The molecule has 1 aliphatic heterocycles. The molecule has 2 aromatic carbocycles. The molecule has 2 amide bonds. The number of hydrogen-bond acceptors (Lipinski definition) is 4. The Morgan fingerprint density at radius 3 is 2.48 bits per heavy atom. The van der Waals surface area contributed by atoms with Crippen molar-refractivity contribution in [3.63, 3.8) is 0 Å². The number of benzene rings is 2. The summed E-state index contributed by atoms with van der Waals surface area (Å²) < 4.78 is 5.42. The lowest BCUT2D eigenvalue weighted by atomic mass is 9.76. The van der Waals surface area contributed by atoms with Crippen LogP contribution in [0.5, 0.6) is 5.75 Å². The van der Waals surface area contributed by atoms with E-state index in [1.807, 2.05) is 6.07 Å². The molecule has 0 bridgehead atoms. The Bertz CT molecular complexity index is 892. The number of carbonyl (C=O) groups excluding carboxylic acids is 3. The minimum Gasteiger partial charge on any atom is -0.423 e. The molecule has 1 saturated carbocycles. The van der Waals surface area contributed by atoms with Gasteiger partial charge in [0.25, 0.3) is 0 Å². The Morgan fingerprint density at radius 1 is 0.963 bits per heavy atom. The molecule has 27 heavy (non-hydrogen) atoms. The molecule has 0 N–H and O–H groups in total. The fourth-order valence-corrected chi connectivity index (χ4v) is 4.07. The number of rotatable bonds is 3. The number of anilines is 1. The molecule has 5 nitrogen and oxygen atoms in total. The Morgan fingerprint density at radius 2 is 1.70 bits per heavy atom. The average molecular weight is 363 g/mol. The molecule has 2 aromatic rings. The minimum atomic E-state index is -0.477. The second kappa shape index (κ2) is 6.99. The predicted octanol–water partition coefficient (Wildman–Crippen LogP) is 3.83. The van der Waals surface area contributed by atoms with Gasteiger partial charge in [0.05, 0.1) is 23.1 Å². The summed E-state index contributed by atoms with van der Waals surface area (Å²) >= 11 is 0. The number of ether oxygens (including phenoxy) is 1. The molecule has 1 aliphatic carbocycles. The van der Waals surface area contributed by atoms with E-state index in [0.717, 1.165) is 19.3 Å². The molecule has 1 saturated heterocycles. The Hall–Kier alpha value is -2.95. The molecule has 1 heterocycles. The van der Waals surface area contributed by atoms with Gasteiger partial charge in [-0.1, -0.05) is 31.2 Å². The number of carbonyl (C=O) groups is 3. The summed E-state index contributed by atoms with van der Waals surface area (Å²) in [6.07, 6.45) is 2.49. The van der Waals surface area contributed by atoms with E-state index in [-0.39, 0.29) is 23.7 Å². The van der Waals surface area contributed by atoms with E-state index in [1.54, 1.807) is 48.5 Å². The lowest BCUT2D eigenvalue weighted by molar-refractivity contribution is -0.122. The molecule has 2 fully saturated rings. The van der Waals surface area contributed by atoms with Crippen LogP contribution in [0.2, 0.25) is 0 Å². The molecule has 4 rings (SSSR count). The summed E-state index contributed by atoms with van der Waals surface area (Å²) in [5, 5.41) is 0. The van der Waals surface area contributed by atoms with E-state index in [1.165, 1.54) is 4.90 Å². The van der Waals surface area contributed by atoms with Gasteiger partial charge < -0.3 is 4.74 Å². The van der Waals surface area contributed by atoms with E-state index in [9.17, 15) is 14.4 Å². The van der Waals surface area contributed by atoms with Crippen LogP contribution in [-0.2, 0) is 9.59 Å². The smallest absolute Gasteiger partial charge is 0.343 e. The van der Waals surface area contributed by atoms with Crippen molar-refractivity contribution < 1.29 is 19.1 Å². The van der Waals surface area contributed by atoms with Gasteiger partial charge in [-0.3, -0.25) is 9.59 Å². The third-order valence-corrected chi connectivity index (χ3v) is 5.48. The topological polar surface area (TPSA) is 63.7 Å². The van der Waals surface area contributed by atoms with Crippen molar-refractivity contribution in [3.05, 3.63) is 60.2 Å². The maximum atomic E-state index is 12.8. The zero-order chi connectivity index (χ0) is 19.0. The van der Waals surface area contributed by atoms with Gasteiger partial charge in [0.15, 0.2) is 0 Å². The molecule has 0 unspecified atom stereocenters. The van der Waals surface area contributed by atoms with Gasteiger partial charge in [-0.05, 0) is 49.4 Å². The van der Waals surface area contributed by atoms with Crippen molar-refractivity contribution in [1.82, 2.24) is 0 Å². The Balaban J connectivity index is 1.56. The highest BCUT2D eigenvalue weighted by atomic mass is 16.5. The van der Waals surface area contributed by atoms with E-state index < -0.39 is 5.97 Å². The molecular formula is C22H21NO4. The highest BCUT2D eigenvalue weighted by Crippen LogP contribution is 2.42. The normalized spacial score (nSPS) is 24.6. The molecule has 5 heteroatoms. The van der Waals surface area contributed by atoms with Gasteiger partial charge >= 0.3 is 5.97 Å². The SMILES string of the molecule is C[C@H]1CC[C@@H]2C(=O)N(c3cccc(OC(=O)c4ccccc4)c3)C(=O)[C@@H]2C1. The standard InChI is InChI=1S/C22H21NO4/c1-14-10-11-18-19(12-14)21(25)23(20(18)24)16-8-5-9-17(13-16)27-22(26)15-6-3-2-4-7-15/h2-9,13-14,18-19H,10-12H2,1H3/t14-,18-,19+/m0/s1. The largest absolute Gasteiger partial charge is 0.423 e. The molecule has 2 aliphatic rings. The lowest BCUT2D eigenvalue weighted by Crippen LogP contribution is -2.30. The van der Waals surface area contributed by atoms with Gasteiger partial charge in [-0.2, -0.15) is 0 Å². The van der Waals surface area contributed by atoms with Crippen molar-refractivity contribution in [2.75, 3.05) is 4.90 Å². The van der Waals surface area contributed by atoms with Crippen LogP contribution < -0.4 is 9.64 Å². The van der Waals surface area contributed by atoms with Gasteiger partial charge in [-0.25, -0.2) is 9.69 Å². The highest BCUT2D eigenvalue weighted by molar-refractivity contribution is 6.22. The Kier molecular flexibility index (Phi) is 4.52. The van der Waals surface area contributed by atoms with Gasteiger partial charge in [0.1, 0.15) is 5.75 Å². The maximum Gasteiger partial charge on any atom is 0.343 e. The van der Waals surface area contributed by atoms with Crippen LogP contribution in [0.1, 0.15) is 36.5 Å². The summed E-state index contributed by atoms with van der Waals surface area (Å²) in [7, 11) is 0. The van der Waals surface area contributed by atoms with Crippen LogP contribution >= 0.6 is 0 Å². The maximum absolute atomic E-state index is 12.8. The van der Waals surface area contributed by atoms with Crippen LogP contribution in [-0.4, -0.2) is 17.8 Å². The van der Waals surface area contributed by atoms with Gasteiger partial charge in [-0.15, -0.1) is 0 Å². The summed E-state index contributed by atoms with van der Waals surface area (Å²) in [6.45, 7) is 2.13. The highest BCUT2D eigenvalue weighted by Gasteiger charge is 2.50. The molecular weight excluding hydrogens is 342 g/mol. The van der Waals surface area contributed by atoms with Crippen LogP contribution in [0, 0.1) is 17.8 Å². The van der Waals surface area contributed by atoms with Crippen molar-refractivity contribution >= 4 is 23.5 Å². The Labute approximate surface area is 157 Å². The monoisotopic (exact) mass is 363 g/mol. The summed E-state index contributed by atoms with van der Waals surface area (Å²) in [5.41, 5.74) is 0.904. The van der Waals surface area contributed by atoms with Crippen molar-refractivity contribution in [1.29, 1.82) is 0 Å². The molecule has 138 valence electrons. The molecule has 0 radical (unpaired) electrons. The molecule has 3 atom stereocenters. The quantitative estimate of drug-likeness (QED) is 0.472. The average Bonchev–Trinajstić information content (AvgIpc) is 2.92. The first kappa shape index (κ1) is 17.5. The van der Waals surface area contributed by atoms with Crippen LogP contribution in [0.25, 0.3) is 0 Å². The number of hydrogen-bond donors (Lipinski definition) is 0. The van der Waals surface area contributed by atoms with Crippen molar-refractivity contribution in [3.8, 4) is 5.75 Å². The van der Waals surface area contributed by atoms with Crippen LogP contribution in [0.15, 0.2) is 54.6 Å². The van der Waals surface area contributed by atoms with Crippen LogP contribution in [0.4, 0.5) is 5.69 Å². The van der Waals surface area contributed by atoms with Gasteiger partial charge in [0, 0.05) is 6.07 Å². The summed E-state index contributed by atoms with van der Waals surface area (Å²) in [4.78, 5) is 39.2. The zero-order valence-corrected chi connectivity index (χ0v) is 15.1. The number of fused-ring (bicyclic) bond motifs is 1. The fraction of sp³-hybridized carbons (Fsp3) is 0.318. The molecule has 0 spiro atoms. The number of amides is 2. The summed E-state index contributed by atoms with van der Waals surface area (Å²) in [5.74, 6) is -0.423. The van der Waals surface area contributed by atoms with Crippen LogP contribution in [0.3, 0.4) is 0 Å². The first-order chi connectivity index (χ1) is 13.0. The van der Waals surface area contributed by atoms with Crippen molar-refractivity contribution in [2.45, 2.75) is 26.2 Å². The van der Waals surface area contributed by atoms with E-state index >= 15 is 0 Å². The third-order valence-electron chi connectivity index (χ3n) is 5.48. The summed E-state index contributed by atoms with van der Waals surface area (Å²) in [6, 6.07) is 15.3. The second-order valence-corrected chi connectivity index (χ2v) is 7.40. The van der Waals surface area contributed by atoms with E-state index in [0.29, 0.717) is 22.9 Å². The van der Waals surface area contributed by atoms with Gasteiger partial charge in [0.2, 0.25) is 11.8 Å². The lowest BCUT2D eigenvalue weighted by Gasteiger charge is -2.25. The van der Waals surface area contributed by atoms with E-state index in [4.69, 9.17) is 4.74 Å². The van der Waals surface area contributed by atoms with Crippen molar-refractivity contribution in [2.24, 2.45) is 17.8 Å². The third kappa shape index (κ3) is 3.25. The zero-order valence-electron chi connectivity index (χ0n) is 15.1. The predicted molar refractivity (Wildman–Crippen MR) is 100 cm³/mol. The number of nitrogens with zero attached hydrogens (tertiary/aromatic N) is 1. The van der Waals surface area contributed by atoms with E-state index in [2.05, 4.69) is 6.92 Å². The molecule has 0 aromatic heterocycles. The first-order valence-corrected chi connectivity index (χ1v) is 9.29. The fourth-order valence-electron chi connectivity index (χ4n) is 4.07.